The van der Waals surface area contributed by atoms with Crippen molar-refractivity contribution in [3.05, 3.63) is 34.9 Å². The zero-order valence-corrected chi connectivity index (χ0v) is 10.2. The van der Waals surface area contributed by atoms with Gasteiger partial charge in [0.25, 0.3) is 0 Å². The van der Waals surface area contributed by atoms with Crippen molar-refractivity contribution in [2.24, 2.45) is 0 Å². The van der Waals surface area contributed by atoms with Crippen molar-refractivity contribution in [2.75, 3.05) is 5.73 Å². The summed E-state index contributed by atoms with van der Waals surface area (Å²) in [7, 11) is 0. The van der Waals surface area contributed by atoms with Crippen LogP contribution in [0.4, 0.5) is 5.82 Å². The van der Waals surface area contributed by atoms with Gasteiger partial charge in [0.15, 0.2) is 0 Å². The molecule has 0 atom stereocenters. The van der Waals surface area contributed by atoms with Crippen LogP contribution in [-0.2, 0) is 6.42 Å². The lowest BCUT2D eigenvalue weighted by atomic mass is 10.0. The standard InChI is InChI=1S/C14H18N2/c1-4-5-11-8-12-6-9(2)10(3)7-13(12)16-14(11)15/h6-8H,4-5H2,1-3H3,(H2,15,16). The van der Waals surface area contributed by atoms with E-state index in [0.717, 1.165) is 18.4 Å². The highest BCUT2D eigenvalue weighted by molar-refractivity contribution is 5.83. The fourth-order valence-corrected chi connectivity index (χ4v) is 1.97. The predicted octanol–water partition coefficient (Wildman–Crippen LogP) is 3.39. The van der Waals surface area contributed by atoms with Gasteiger partial charge in [0.1, 0.15) is 5.82 Å². The fraction of sp³-hybridized carbons (Fsp3) is 0.357. The molecule has 1 aromatic carbocycles. The molecule has 0 spiro atoms. The van der Waals surface area contributed by atoms with E-state index < -0.39 is 0 Å². The van der Waals surface area contributed by atoms with Gasteiger partial charge >= 0.3 is 0 Å². The van der Waals surface area contributed by atoms with Gasteiger partial charge in [-0.2, -0.15) is 0 Å². The molecule has 16 heavy (non-hydrogen) atoms. The molecule has 0 aliphatic rings. The van der Waals surface area contributed by atoms with Gasteiger partial charge in [0.05, 0.1) is 5.52 Å². The first-order valence-corrected chi connectivity index (χ1v) is 5.78. The number of nitrogens with zero attached hydrogens (tertiary/aromatic N) is 1. The number of fused-ring (bicyclic) bond motifs is 1. The smallest absolute Gasteiger partial charge is 0.127 e. The van der Waals surface area contributed by atoms with Crippen molar-refractivity contribution in [3.8, 4) is 0 Å². The van der Waals surface area contributed by atoms with Gasteiger partial charge in [0, 0.05) is 5.39 Å². The second kappa shape index (κ2) is 4.12. The number of anilines is 1. The third-order valence-electron chi connectivity index (χ3n) is 3.06. The van der Waals surface area contributed by atoms with Gasteiger partial charge in [-0.15, -0.1) is 0 Å². The molecule has 84 valence electrons. The van der Waals surface area contributed by atoms with E-state index in [-0.39, 0.29) is 0 Å². The first-order valence-electron chi connectivity index (χ1n) is 5.78. The van der Waals surface area contributed by atoms with Crippen LogP contribution in [0.5, 0.6) is 0 Å². The summed E-state index contributed by atoms with van der Waals surface area (Å²) in [6.45, 7) is 6.39. The third kappa shape index (κ3) is 1.87. The van der Waals surface area contributed by atoms with Gasteiger partial charge in [0.2, 0.25) is 0 Å². The largest absolute Gasteiger partial charge is 0.383 e. The number of benzene rings is 1. The minimum Gasteiger partial charge on any atom is -0.383 e. The average Bonchev–Trinajstić information content (AvgIpc) is 2.23. The quantitative estimate of drug-likeness (QED) is 0.832. The van der Waals surface area contributed by atoms with Gasteiger partial charge in [-0.05, 0) is 55.2 Å². The van der Waals surface area contributed by atoms with E-state index >= 15 is 0 Å². The minimum atomic E-state index is 0.678. The molecule has 2 rings (SSSR count). The highest BCUT2D eigenvalue weighted by Gasteiger charge is 2.04. The number of aromatic nitrogens is 1. The summed E-state index contributed by atoms with van der Waals surface area (Å²) in [4.78, 5) is 4.47. The van der Waals surface area contributed by atoms with Crippen molar-refractivity contribution in [3.63, 3.8) is 0 Å². The molecule has 0 amide bonds. The molecule has 0 fully saturated rings. The van der Waals surface area contributed by atoms with E-state index in [9.17, 15) is 0 Å². The normalized spacial score (nSPS) is 10.9. The number of nitrogens with two attached hydrogens (primary N) is 1. The van der Waals surface area contributed by atoms with Crippen LogP contribution in [0.25, 0.3) is 10.9 Å². The maximum absolute atomic E-state index is 5.95. The molecule has 2 heteroatoms. The lowest BCUT2D eigenvalue weighted by Crippen LogP contribution is -1.98. The summed E-state index contributed by atoms with van der Waals surface area (Å²) in [6, 6.07) is 6.47. The van der Waals surface area contributed by atoms with Crippen LogP contribution in [0.2, 0.25) is 0 Å². The first kappa shape index (κ1) is 10.9. The van der Waals surface area contributed by atoms with Gasteiger partial charge in [-0.3, -0.25) is 0 Å². The first-order chi connectivity index (χ1) is 7.61. The molecular weight excluding hydrogens is 196 g/mol. The third-order valence-corrected chi connectivity index (χ3v) is 3.06. The Morgan fingerprint density at radius 1 is 1.12 bits per heavy atom. The highest BCUT2D eigenvalue weighted by Crippen LogP contribution is 2.22. The summed E-state index contributed by atoms with van der Waals surface area (Å²) < 4.78 is 0. The zero-order chi connectivity index (χ0) is 11.7. The average molecular weight is 214 g/mol. The highest BCUT2D eigenvalue weighted by atomic mass is 14.8. The second-order valence-corrected chi connectivity index (χ2v) is 4.41. The molecule has 0 aliphatic carbocycles. The van der Waals surface area contributed by atoms with Gasteiger partial charge < -0.3 is 5.73 Å². The molecule has 1 aromatic heterocycles. The Bertz CT molecular complexity index is 530. The van der Waals surface area contributed by atoms with E-state index in [1.165, 1.54) is 22.1 Å². The number of pyridine rings is 1. The molecule has 2 aromatic rings. The Balaban J connectivity index is 2.65. The lowest BCUT2D eigenvalue weighted by molar-refractivity contribution is 0.921. The summed E-state index contributed by atoms with van der Waals surface area (Å²) in [5.74, 6) is 0.678. The van der Waals surface area contributed by atoms with Crippen LogP contribution in [-0.4, -0.2) is 4.98 Å². The summed E-state index contributed by atoms with van der Waals surface area (Å²) >= 11 is 0. The Kier molecular flexibility index (Phi) is 2.82. The van der Waals surface area contributed by atoms with Crippen LogP contribution in [0.3, 0.4) is 0 Å². The van der Waals surface area contributed by atoms with E-state index in [4.69, 9.17) is 5.73 Å². The number of hydrogen-bond donors (Lipinski definition) is 1. The predicted molar refractivity (Wildman–Crippen MR) is 69.6 cm³/mol. The topological polar surface area (TPSA) is 38.9 Å². The second-order valence-electron chi connectivity index (χ2n) is 4.41. The Morgan fingerprint density at radius 3 is 2.50 bits per heavy atom. The van der Waals surface area contributed by atoms with Crippen molar-refractivity contribution in [2.45, 2.75) is 33.6 Å². The van der Waals surface area contributed by atoms with Crippen LogP contribution in [0.1, 0.15) is 30.0 Å². The summed E-state index contributed by atoms with van der Waals surface area (Å²) in [5, 5.41) is 1.20. The monoisotopic (exact) mass is 214 g/mol. The van der Waals surface area contributed by atoms with Crippen molar-refractivity contribution < 1.29 is 0 Å². The molecule has 0 saturated carbocycles. The van der Waals surface area contributed by atoms with Crippen LogP contribution < -0.4 is 5.73 Å². The summed E-state index contributed by atoms with van der Waals surface area (Å²) in [6.07, 6.45) is 2.10. The molecular formula is C14H18N2. The van der Waals surface area contributed by atoms with Crippen molar-refractivity contribution >= 4 is 16.7 Å². The Morgan fingerprint density at radius 2 is 1.81 bits per heavy atom. The van der Waals surface area contributed by atoms with E-state index in [2.05, 4.69) is 44.0 Å². The van der Waals surface area contributed by atoms with E-state index in [1.807, 2.05) is 0 Å². The van der Waals surface area contributed by atoms with Gasteiger partial charge in [-0.25, -0.2) is 4.98 Å². The molecule has 0 saturated heterocycles. The molecule has 0 unspecified atom stereocenters. The van der Waals surface area contributed by atoms with E-state index in [0.29, 0.717) is 5.82 Å². The number of rotatable bonds is 2. The number of aryl methyl sites for hydroxylation is 3. The molecule has 1 heterocycles. The lowest BCUT2D eigenvalue weighted by Gasteiger charge is -2.08. The number of hydrogen-bond acceptors (Lipinski definition) is 2. The minimum absolute atomic E-state index is 0.678. The molecule has 0 aliphatic heterocycles. The SMILES string of the molecule is CCCc1cc2cc(C)c(C)cc2nc1N. The zero-order valence-electron chi connectivity index (χ0n) is 10.2. The van der Waals surface area contributed by atoms with Crippen LogP contribution >= 0.6 is 0 Å². The maximum atomic E-state index is 5.95. The fourth-order valence-electron chi connectivity index (χ4n) is 1.97. The summed E-state index contributed by atoms with van der Waals surface area (Å²) in [5.41, 5.74) is 10.7. The van der Waals surface area contributed by atoms with Crippen molar-refractivity contribution in [1.29, 1.82) is 0 Å². The molecule has 2 N–H and O–H groups in total. The van der Waals surface area contributed by atoms with Crippen LogP contribution in [0.15, 0.2) is 18.2 Å². The van der Waals surface area contributed by atoms with Gasteiger partial charge in [-0.1, -0.05) is 13.3 Å². The Hall–Kier alpha value is -1.57. The van der Waals surface area contributed by atoms with E-state index in [1.54, 1.807) is 0 Å². The van der Waals surface area contributed by atoms with Crippen molar-refractivity contribution in [1.82, 2.24) is 4.98 Å². The molecule has 0 radical (unpaired) electrons. The molecule has 2 nitrogen and oxygen atoms in total. The maximum Gasteiger partial charge on any atom is 0.127 e. The Labute approximate surface area is 96.5 Å². The number of nitrogen functional groups attached to an aromatic ring is 1. The molecule has 0 bridgehead atoms. The van der Waals surface area contributed by atoms with Crippen LogP contribution in [0, 0.1) is 13.8 Å².